The van der Waals surface area contributed by atoms with Gasteiger partial charge in [-0.05, 0) is 24.6 Å². The first-order valence-corrected chi connectivity index (χ1v) is 8.31. The summed E-state index contributed by atoms with van der Waals surface area (Å²) in [6.45, 7) is 12.9. The number of phenols is 2. The number of anilines is 1. The number of aromatic hydroxyl groups is 2. The molecule has 26 heavy (non-hydrogen) atoms. The number of phenolic OH excluding ortho intramolecular Hbond substituents is 2. The number of hydrogen-bond acceptors (Lipinski definition) is 4. The van der Waals surface area contributed by atoms with Gasteiger partial charge in [-0.1, -0.05) is 39.1 Å². The highest BCUT2D eigenvalue weighted by atomic mass is 16.3. The van der Waals surface area contributed by atoms with Crippen molar-refractivity contribution in [3.63, 3.8) is 0 Å². The molecule has 5 heteroatoms. The normalized spacial score (nSPS) is 11.4. The zero-order valence-corrected chi connectivity index (χ0v) is 15.4. The Morgan fingerprint density at radius 1 is 1.08 bits per heavy atom. The summed E-state index contributed by atoms with van der Waals surface area (Å²) in [4.78, 5) is 12.5. The van der Waals surface area contributed by atoms with Crippen molar-refractivity contribution in [2.75, 3.05) is 5.32 Å². The smallest absolute Gasteiger partial charge is 0.225 e. The van der Waals surface area contributed by atoms with Gasteiger partial charge >= 0.3 is 0 Å². The monoisotopic (exact) mass is 355 g/mol. The number of rotatable bonds is 5. The fraction of sp³-hybridized carbons (Fsp3) is 0.286. The minimum atomic E-state index is -0.770. The van der Waals surface area contributed by atoms with Gasteiger partial charge in [0.2, 0.25) is 5.91 Å². The molecule has 2 rings (SSSR count). The van der Waals surface area contributed by atoms with Crippen LogP contribution in [0.15, 0.2) is 24.3 Å². The fourth-order valence-electron chi connectivity index (χ4n) is 3.08. The maximum Gasteiger partial charge on any atom is 0.225 e. The lowest BCUT2D eigenvalue weighted by molar-refractivity contribution is -0.117. The molecular formula is C21H25NO4. The molecule has 0 saturated heterocycles. The molecule has 0 radical (unpaired) electrons. The van der Waals surface area contributed by atoms with E-state index in [-0.39, 0.29) is 30.4 Å². The second-order valence-corrected chi connectivity index (χ2v) is 7.12. The first-order valence-electron chi connectivity index (χ1n) is 8.31. The van der Waals surface area contributed by atoms with E-state index in [1.807, 2.05) is 0 Å². The Morgan fingerprint density at radius 3 is 2.19 bits per heavy atom. The van der Waals surface area contributed by atoms with Gasteiger partial charge in [0.1, 0.15) is 11.5 Å². The SMILES string of the molecule is C=c1c(C)c(O)c(=C)c(C(C)(C)CC(=O)Nc2ccc(CO)cc2)c1O. The number of aliphatic hydroxyl groups is 1. The summed E-state index contributed by atoms with van der Waals surface area (Å²) in [5, 5.41) is 33.2. The molecule has 2 aromatic rings. The molecule has 0 atom stereocenters. The van der Waals surface area contributed by atoms with Crippen LogP contribution in [0.2, 0.25) is 0 Å². The molecule has 5 nitrogen and oxygen atoms in total. The van der Waals surface area contributed by atoms with E-state index in [1.54, 1.807) is 45.0 Å². The van der Waals surface area contributed by atoms with Crippen molar-refractivity contribution in [1.82, 2.24) is 0 Å². The third-order valence-electron chi connectivity index (χ3n) is 4.62. The fourth-order valence-corrected chi connectivity index (χ4v) is 3.08. The van der Waals surface area contributed by atoms with E-state index in [0.717, 1.165) is 5.56 Å². The Morgan fingerprint density at radius 2 is 1.65 bits per heavy atom. The molecule has 2 aromatic carbocycles. The van der Waals surface area contributed by atoms with Crippen molar-refractivity contribution in [3.8, 4) is 11.5 Å². The van der Waals surface area contributed by atoms with E-state index in [4.69, 9.17) is 5.11 Å². The van der Waals surface area contributed by atoms with Gasteiger partial charge in [0.15, 0.2) is 0 Å². The standard InChI is InChI=1S/C21H25NO4/c1-12-13(2)20(26)18(14(3)19(12)25)21(4,5)10-17(24)22-16-8-6-15(11-23)7-9-16/h6-9,23,25-26H,2-3,10-11H2,1,4-5H3,(H,22,24). The number of aliphatic hydroxyl groups excluding tert-OH is 1. The van der Waals surface area contributed by atoms with Crippen LogP contribution in [-0.4, -0.2) is 21.2 Å². The Labute approximate surface area is 152 Å². The summed E-state index contributed by atoms with van der Waals surface area (Å²) in [7, 11) is 0. The van der Waals surface area contributed by atoms with Crippen LogP contribution in [0.4, 0.5) is 5.69 Å². The van der Waals surface area contributed by atoms with Crippen molar-refractivity contribution >= 4 is 24.8 Å². The summed E-state index contributed by atoms with van der Waals surface area (Å²) in [5.74, 6) is -0.303. The van der Waals surface area contributed by atoms with Crippen LogP contribution in [-0.2, 0) is 16.8 Å². The molecule has 0 aliphatic rings. The van der Waals surface area contributed by atoms with Crippen LogP contribution in [0.25, 0.3) is 13.2 Å². The lowest BCUT2D eigenvalue weighted by Gasteiger charge is -2.27. The highest BCUT2D eigenvalue weighted by molar-refractivity contribution is 5.91. The van der Waals surface area contributed by atoms with Gasteiger partial charge in [-0.15, -0.1) is 0 Å². The van der Waals surface area contributed by atoms with Gasteiger partial charge in [0, 0.05) is 39.1 Å². The van der Waals surface area contributed by atoms with E-state index in [2.05, 4.69) is 18.5 Å². The van der Waals surface area contributed by atoms with Crippen LogP contribution in [0.3, 0.4) is 0 Å². The summed E-state index contributed by atoms with van der Waals surface area (Å²) in [6.07, 6.45) is 0.0762. The average Bonchev–Trinajstić information content (AvgIpc) is 2.58. The summed E-state index contributed by atoms with van der Waals surface area (Å²) >= 11 is 0. The van der Waals surface area contributed by atoms with Gasteiger partial charge in [-0.3, -0.25) is 4.79 Å². The molecule has 0 aliphatic carbocycles. The molecule has 0 bridgehead atoms. The minimum absolute atomic E-state index is 0.0177. The molecule has 0 unspecified atom stereocenters. The lowest BCUT2D eigenvalue weighted by Crippen LogP contribution is -2.33. The molecule has 4 N–H and O–H groups in total. The number of carbonyl (C=O) groups excluding carboxylic acids is 1. The Balaban J connectivity index is 2.29. The molecule has 0 fully saturated rings. The van der Waals surface area contributed by atoms with Gasteiger partial charge < -0.3 is 20.6 Å². The molecule has 0 heterocycles. The zero-order chi connectivity index (χ0) is 19.6. The van der Waals surface area contributed by atoms with Crippen molar-refractivity contribution in [2.24, 2.45) is 0 Å². The highest BCUT2D eigenvalue weighted by Gasteiger charge is 2.30. The van der Waals surface area contributed by atoms with Crippen LogP contribution >= 0.6 is 0 Å². The topological polar surface area (TPSA) is 89.8 Å². The van der Waals surface area contributed by atoms with Crippen LogP contribution in [0.5, 0.6) is 11.5 Å². The predicted octanol–water partition coefficient (Wildman–Crippen LogP) is 2.03. The van der Waals surface area contributed by atoms with Crippen molar-refractivity contribution < 1.29 is 20.1 Å². The van der Waals surface area contributed by atoms with Gasteiger partial charge in [-0.25, -0.2) is 0 Å². The summed E-state index contributed by atoms with van der Waals surface area (Å²) in [6, 6.07) is 6.89. The Hall–Kier alpha value is -2.79. The Kier molecular flexibility index (Phi) is 5.42. The Bertz CT molecular complexity index is 930. The summed E-state index contributed by atoms with van der Waals surface area (Å²) in [5.41, 5.74) is 1.49. The third kappa shape index (κ3) is 3.73. The maximum absolute atomic E-state index is 12.5. The van der Waals surface area contributed by atoms with Crippen molar-refractivity contribution in [3.05, 3.63) is 51.4 Å². The molecule has 0 aliphatic heterocycles. The summed E-state index contributed by atoms with van der Waals surface area (Å²) < 4.78 is 0. The number of benzene rings is 2. The van der Waals surface area contributed by atoms with Gasteiger partial charge in [-0.2, -0.15) is 0 Å². The maximum atomic E-state index is 12.5. The largest absolute Gasteiger partial charge is 0.507 e. The quantitative estimate of drug-likeness (QED) is 0.618. The minimum Gasteiger partial charge on any atom is -0.507 e. The van der Waals surface area contributed by atoms with E-state index >= 15 is 0 Å². The highest BCUT2D eigenvalue weighted by Crippen LogP contribution is 2.31. The number of carbonyl (C=O) groups is 1. The number of amides is 1. The lowest BCUT2D eigenvalue weighted by atomic mass is 9.78. The molecular weight excluding hydrogens is 330 g/mol. The second kappa shape index (κ2) is 7.22. The van der Waals surface area contributed by atoms with Crippen molar-refractivity contribution in [2.45, 2.75) is 39.2 Å². The molecule has 0 aromatic heterocycles. The second-order valence-electron chi connectivity index (χ2n) is 7.12. The number of hydrogen-bond donors (Lipinski definition) is 4. The van der Waals surface area contributed by atoms with Crippen molar-refractivity contribution in [1.29, 1.82) is 0 Å². The van der Waals surface area contributed by atoms with E-state index in [9.17, 15) is 15.0 Å². The average molecular weight is 355 g/mol. The first kappa shape index (κ1) is 19.5. The van der Waals surface area contributed by atoms with Crippen LogP contribution in [0, 0.1) is 6.92 Å². The molecule has 0 spiro atoms. The van der Waals surface area contributed by atoms with E-state index in [1.165, 1.54) is 0 Å². The van der Waals surface area contributed by atoms with Gasteiger partial charge in [0.25, 0.3) is 0 Å². The first-order chi connectivity index (χ1) is 12.1. The number of nitrogens with one attached hydrogen (secondary N) is 1. The van der Waals surface area contributed by atoms with E-state index < -0.39 is 5.41 Å². The molecule has 1 amide bonds. The molecule has 0 saturated carbocycles. The third-order valence-corrected chi connectivity index (χ3v) is 4.62. The molecule has 138 valence electrons. The van der Waals surface area contributed by atoms with E-state index in [0.29, 0.717) is 27.3 Å². The van der Waals surface area contributed by atoms with Gasteiger partial charge in [0.05, 0.1) is 6.61 Å². The predicted molar refractivity (Wildman–Crippen MR) is 103 cm³/mol. The van der Waals surface area contributed by atoms with Crippen LogP contribution < -0.4 is 15.8 Å². The van der Waals surface area contributed by atoms with Crippen LogP contribution in [0.1, 0.15) is 37.0 Å². The zero-order valence-electron chi connectivity index (χ0n) is 15.4.